The monoisotopic (exact) mass is 442 g/mol. The van der Waals surface area contributed by atoms with E-state index in [1.165, 1.54) is 12.1 Å². The maximum absolute atomic E-state index is 12.5. The highest BCUT2D eigenvalue weighted by Crippen LogP contribution is 2.29. The number of ether oxygens (including phenoxy) is 1. The minimum atomic E-state index is -3.87. The number of hydrogen-bond donors (Lipinski definition) is 2. The molecule has 1 saturated heterocycles. The van der Waals surface area contributed by atoms with Gasteiger partial charge in [0.1, 0.15) is 5.69 Å². The van der Waals surface area contributed by atoms with Crippen molar-refractivity contribution in [3.05, 3.63) is 28.3 Å². The standard InChI is InChI=1S/C20H34N4O5S/c1-14-11-23(12-15(2)29-14)20(6,7)13-21-17-9-8-16(10-18(17)24(25)26)30(27,28)22-19(3,4)5/h8-10,14-15,21-22H,11-13H2,1-7H3/t14-,15-/m1/s1. The average Bonchev–Trinajstić information content (AvgIpc) is 2.56. The van der Waals surface area contributed by atoms with Crippen molar-refractivity contribution in [3.8, 4) is 0 Å². The van der Waals surface area contributed by atoms with E-state index in [0.29, 0.717) is 6.54 Å². The van der Waals surface area contributed by atoms with Gasteiger partial charge < -0.3 is 10.1 Å². The molecule has 0 spiro atoms. The molecule has 2 rings (SSSR count). The van der Waals surface area contributed by atoms with Crippen molar-refractivity contribution in [2.45, 2.75) is 76.6 Å². The highest BCUT2D eigenvalue weighted by Gasteiger charge is 2.34. The van der Waals surface area contributed by atoms with Gasteiger partial charge in [-0.2, -0.15) is 0 Å². The van der Waals surface area contributed by atoms with Gasteiger partial charge in [-0.05, 0) is 60.6 Å². The van der Waals surface area contributed by atoms with Crippen molar-refractivity contribution < 1.29 is 18.1 Å². The van der Waals surface area contributed by atoms with Crippen LogP contribution in [0.4, 0.5) is 11.4 Å². The summed E-state index contributed by atoms with van der Waals surface area (Å²) in [5.74, 6) is 0. The summed E-state index contributed by atoms with van der Waals surface area (Å²) in [6.07, 6.45) is 0.226. The number of rotatable bonds is 7. The van der Waals surface area contributed by atoms with Crippen LogP contribution >= 0.6 is 0 Å². The molecule has 2 atom stereocenters. The summed E-state index contributed by atoms with van der Waals surface area (Å²) in [6.45, 7) is 15.3. The number of nitrogens with one attached hydrogen (secondary N) is 2. The lowest BCUT2D eigenvalue weighted by molar-refractivity contribution is -0.384. The van der Waals surface area contributed by atoms with Crippen molar-refractivity contribution in [2.24, 2.45) is 0 Å². The van der Waals surface area contributed by atoms with Gasteiger partial charge in [0.25, 0.3) is 5.69 Å². The Morgan fingerprint density at radius 1 is 1.17 bits per heavy atom. The SMILES string of the molecule is C[C@@H]1CN(C(C)(C)CNc2ccc(S(=O)(=O)NC(C)(C)C)cc2[N+](=O)[O-])C[C@@H](C)O1. The number of sulfonamides is 1. The Labute approximate surface area is 179 Å². The summed E-state index contributed by atoms with van der Waals surface area (Å²) in [5.41, 5.74) is -0.955. The Balaban J connectivity index is 2.23. The lowest BCUT2D eigenvalue weighted by Gasteiger charge is -2.45. The van der Waals surface area contributed by atoms with Crippen LogP contribution in [-0.2, 0) is 14.8 Å². The summed E-state index contributed by atoms with van der Waals surface area (Å²) < 4.78 is 33.4. The van der Waals surface area contributed by atoms with Gasteiger partial charge in [0.15, 0.2) is 0 Å². The van der Waals surface area contributed by atoms with E-state index in [4.69, 9.17) is 4.74 Å². The van der Waals surface area contributed by atoms with Crippen LogP contribution in [0.2, 0.25) is 0 Å². The van der Waals surface area contributed by atoms with Gasteiger partial charge in [0.05, 0.1) is 22.0 Å². The summed E-state index contributed by atoms with van der Waals surface area (Å²) in [6, 6.07) is 3.94. The fraction of sp³-hybridized carbons (Fsp3) is 0.700. The third kappa shape index (κ3) is 6.37. The smallest absolute Gasteiger partial charge is 0.293 e. The molecule has 0 amide bonds. The highest BCUT2D eigenvalue weighted by atomic mass is 32.2. The van der Waals surface area contributed by atoms with Crippen molar-refractivity contribution in [2.75, 3.05) is 25.0 Å². The first kappa shape index (κ1) is 24.5. The van der Waals surface area contributed by atoms with Crippen LogP contribution in [0.3, 0.4) is 0 Å². The minimum absolute atomic E-state index is 0.113. The molecule has 30 heavy (non-hydrogen) atoms. The molecule has 1 fully saturated rings. The third-order valence-electron chi connectivity index (χ3n) is 4.90. The molecule has 0 saturated carbocycles. The van der Waals surface area contributed by atoms with Gasteiger partial charge >= 0.3 is 0 Å². The van der Waals surface area contributed by atoms with Crippen molar-refractivity contribution in [1.82, 2.24) is 9.62 Å². The van der Waals surface area contributed by atoms with Crippen LogP contribution in [0, 0.1) is 10.1 Å². The van der Waals surface area contributed by atoms with Gasteiger partial charge in [-0.15, -0.1) is 0 Å². The topological polar surface area (TPSA) is 114 Å². The van der Waals surface area contributed by atoms with Crippen LogP contribution in [0.25, 0.3) is 0 Å². The normalized spacial score (nSPS) is 21.4. The molecule has 170 valence electrons. The Bertz CT molecular complexity index is 870. The maximum atomic E-state index is 12.5. The van der Waals surface area contributed by atoms with E-state index in [0.717, 1.165) is 19.2 Å². The molecule has 0 aromatic heterocycles. The van der Waals surface area contributed by atoms with Crippen LogP contribution in [0.15, 0.2) is 23.1 Å². The molecular weight excluding hydrogens is 408 g/mol. The van der Waals surface area contributed by atoms with Gasteiger partial charge in [0, 0.05) is 36.8 Å². The molecule has 0 aliphatic carbocycles. The van der Waals surface area contributed by atoms with Gasteiger partial charge in [-0.3, -0.25) is 15.0 Å². The predicted molar refractivity (Wildman–Crippen MR) is 117 cm³/mol. The first-order chi connectivity index (χ1) is 13.6. The molecule has 1 aliphatic rings. The Hall–Kier alpha value is -1.75. The van der Waals surface area contributed by atoms with E-state index in [1.54, 1.807) is 20.8 Å². The number of nitro benzene ring substituents is 1. The van der Waals surface area contributed by atoms with Crippen LogP contribution in [0.5, 0.6) is 0 Å². The van der Waals surface area contributed by atoms with E-state index in [1.807, 2.05) is 13.8 Å². The van der Waals surface area contributed by atoms with E-state index < -0.39 is 20.5 Å². The van der Waals surface area contributed by atoms with Crippen LogP contribution < -0.4 is 10.0 Å². The zero-order chi connectivity index (χ0) is 22.9. The first-order valence-corrected chi connectivity index (χ1v) is 11.6. The van der Waals surface area contributed by atoms with E-state index in [2.05, 4.69) is 28.8 Å². The number of nitrogens with zero attached hydrogens (tertiary/aromatic N) is 2. The lowest BCUT2D eigenvalue weighted by atomic mass is 10.00. The minimum Gasteiger partial charge on any atom is -0.378 e. The summed E-state index contributed by atoms with van der Waals surface area (Å²) in [5, 5.41) is 14.8. The fourth-order valence-corrected chi connectivity index (χ4v) is 4.97. The second-order valence-electron chi connectivity index (χ2n) is 9.62. The van der Waals surface area contributed by atoms with Gasteiger partial charge in [0.2, 0.25) is 10.0 Å². The van der Waals surface area contributed by atoms with Crippen molar-refractivity contribution in [3.63, 3.8) is 0 Å². The van der Waals surface area contributed by atoms with Crippen LogP contribution in [0.1, 0.15) is 48.5 Å². The second kappa shape index (κ2) is 8.78. The fourth-order valence-electron chi connectivity index (χ4n) is 3.54. The quantitative estimate of drug-likeness (QED) is 0.493. The third-order valence-corrected chi connectivity index (χ3v) is 6.66. The van der Waals surface area contributed by atoms with Crippen LogP contribution in [-0.4, -0.2) is 61.2 Å². The number of benzene rings is 1. The number of anilines is 1. The van der Waals surface area contributed by atoms with E-state index in [9.17, 15) is 18.5 Å². The van der Waals surface area contributed by atoms with Crippen molar-refractivity contribution >= 4 is 21.4 Å². The molecule has 1 aromatic rings. The molecule has 9 nitrogen and oxygen atoms in total. The zero-order valence-corrected chi connectivity index (χ0v) is 19.7. The second-order valence-corrected chi connectivity index (χ2v) is 11.3. The number of hydrogen-bond acceptors (Lipinski definition) is 7. The molecule has 1 heterocycles. The Kier molecular flexibility index (Phi) is 7.17. The Morgan fingerprint density at radius 2 is 1.73 bits per heavy atom. The molecule has 0 radical (unpaired) electrons. The van der Waals surface area contributed by atoms with E-state index >= 15 is 0 Å². The van der Waals surface area contributed by atoms with Gasteiger partial charge in [-0.1, -0.05) is 0 Å². The number of nitro groups is 1. The Morgan fingerprint density at radius 3 is 2.23 bits per heavy atom. The maximum Gasteiger partial charge on any atom is 0.293 e. The van der Waals surface area contributed by atoms with E-state index in [-0.39, 0.29) is 34.0 Å². The largest absolute Gasteiger partial charge is 0.378 e. The van der Waals surface area contributed by atoms with Gasteiger partial charge in [-0.25, -0.2) is 13.1 Å². The zero-order valence-electron chi connectivity index (χ0n) is 18.9. The predicted octanol–water partition coefficient (Wildman–Crippen LogP) is 2.97. The summed E-state index contributed by atoms with van der Waals surface area (Å²) in [7, 11) is -3.87. The molecule has 2 N–H and O–H groups in total. The number of morpholine rings is 1. The lowest BCUT2D eigenvalue weighted by Crippen LogP contribution is -2.57. The molecule has 1 aromatic carbocycles. The summed E-state index contributed by atoms with van der Waals surface area (Å²) in [4.78, 5) is 13.2. The first-order valence-electron chi connectivity index (χ1n) is 10.1. The molecule has 10 heteroatoms. The summed E-state index contributed by atoms with van der Waals surface area (Å²) >= 11 is 0. The average molecular weight is 443 g/mol. The molecule has 0 unspecified atom stereocenters. The van der Waals surface area contributed by atoms with Crippen molar-refractivity contribution in [1.29, 1.82) is 0 Å². The molecular formula is C20H34N4O5S. The molecule has 1 aliphatic heterocycles. The molecule has 0 bridgehead atoms. The highest BCUT2D eigenvalue weighted by molar-refractivity contribution is 7.89.